The molecular formula is C14H19NO5S. The van der Waals surface area contributed by atoms with Crippen LogP contribution in [0.1, 0.15) is 29.3 Å². The summed E-state index contributed by atoms with van der Waals surface area (Å²) in [6.45, 7) is 2.04. The van der Waals surface area contributed by atoms with Crippen LogP contribution in [-0.4, -0.2) is 49.6 Å². The van der Waals surface area contributed by atoms with E-state index in [9.17, 15) is 18.3 Å². The fourth-order valence-corrected chi connectivity index (χ4v) is 3.98. The minimum atomic E-state index is -3.51. The largest absolute Gasteiger partial charge is 0.465 e. The van der Waals surface area contributed by atoms with Gasteiger partial charge in [-0.15, -0.1) is 0 Å². The van der Waals surface area contributed by atoms with Gasteiger partial charge in [0, 0.05) is 13.1 Å². The van der Waals surface area contributed by atoms with Gasteiger partial charge in [0.15, 0.2) is 0 Å². The molecule has 1 aromatic carbocycles. The van der Waals surface area contributed by atoms with Crippen molar-refractivity contribution in [2.45, 2.75) is 24.7 Å². The molecule has 0 radical (unpaired) electrons. The maximum absolute atomic E-state index is 12.3. The summed E-state index contributed by atoms with van der Waals surface area (Å²) in [5.41, 5.74) is -0.135. The highest BCUT2D eigenvalue weighted by atomic mass is 32.2. The third-order valence-corrected chi connectivity index (χ3v) is 5.30. The number of esters is 1. The van der Waals surface area contributed by atoms with Gasteiger partial charge in [0.1, 0.15) is 0 Å². The summed E-state index contributed by atoms with van der Waals surface area (Å²) in [5.74, 6) is -0.702. The van der Waals surface area contributed by atoms with E-state index in [1.807, 2.05) is 0 Å². The van der Waals surface area contributed by atoms with Gasteiger partial charge in [-0.25, -0.2) is 13.2 Å². The first-order valence-electron chi connectivity index (χ1n) is 6.61. The van der Waals surface area contributed by atoms with Gasteiger partial charge in [0.2, 0.25) is 10.0 Å². The van der Waals surface area contributed by atoms with Gasteiger partial charge < -0.3 is 9.84 Å². The van der Waals surface area contributed by atoms with Crippen molar-refractivity contribution < 1.29 is 23.1 Å². The fourth-order valence-electron chi connectivity index (χ4n) is 2.35. The van der Waals surface area contributed by atoms with Crippen molar-refractivity contribution >= 4 is 16.0 Å². The van der Waals surface area contributed by atoms with Crippen molar-refractivity contribution in [1.82, 2.24) is 4.31 Å². The molecule has 0 aromatic heterocycles. The molecule has 0 saturated carbocycles. The zero-order valence-corrected chi connectivity index (χ0v) is 12.9. The molecule has 116 valence electrons. The lowest BCUT2D eigenvalue weighted by Gasteiger charge is -2.19. The number of rotatable bonds is 4. The standard InChI is InChI=1S/C14H19NO5S/c1-14(17)6-7-15(10-14)21(18,19)9-11-4-3-5-12(8-11)13(16)20-2/h3-5,8,17H,6-7,9-10H2,1-2H3. The van der Waals surface area contributed by atoms with Crippen LogP contribution in [0.25, 0.3) is 0 Å². The number of sulfonamides is 1. The van der Waals surface area contributed by atoms with E-state index in [1.165, 1.54) is 17.5 Å². The number of methoxy groups -OCH3 is 1. The van der Waals surface area contributed by atoms with E-state index in [1.54, 1.807) is 25.1 Å². The van der Waals surface area contributed by atoms with Crippen LogP contribution in [0.15, 0.2) is 24.3 Å². The second-order valence-corrected chi connectivity index (χ2v) is 7.50. The molecule has 1 N–H and O–H groups in total. The SMILES string of the molecule is COC(=O)c1cccc(CS(=O)(=O)N2CCC(C)(O)C2)c1. The number of nitrogens with zero attached hydrogens (tertiary/aromatic N) is 1. The molecule has 1 aliphatic rings. The second-order valence-electron chi connectivity index (χ2n) is 5.53. The fraction of sp³-hybridized carbons (Fsp3) is 0.500. The highest BCUT2D eigenvalue weighted by Gasteiger charge is 2.37. The number of β-amino-alcohol motifs (C(OH)–C–C–N with tert-alkyl or cyclic N) is 1. The summed E-state index contributed by atoms with van der Waals surface area (Å²) in [4.78, 5) is 11.5. The van der Waals surface area contributed by atoms with Gasteiger partial charge in [0.05, 0.1) is 24.0 Å². The van der Waals surface area contributed by atoms with Crippen molar-refractivity contribution in [3.05, 3.63) is 35.4 Å². The lowest BCUT2D eigenvalue weighted by atomic mass is 10.1. The van der Waals surface area contributed by atoms with E-state index >= 15 is 0 Å². The molecule has 1 heterocycles. The first-order valence-corrected chi connectivity index (χ1v) is 8.22. The normalized spacial score (nSPS) is 23.2. The van der Waals surface area contributed by atoms with E-state index in [4.69, 9.17) is 0 Å². The van der Waals surface area contributed by atoms with Gasteiger partial charge in [0.25, 0.3) is 0 Å². The quantitative estimate of drug-likeness (QED) is 0.830. The number of carbonyl (C=O) groups excluding carboxylic acids is 1. The smallest absolute Gasteiger partial charge is 0.337 e. The zero-order chi connectivity index (χ0) is 15.7. The summed E-state index contributed by atoms with van der Waals surface area (Å²) >= 11 is 0. The molecule has 1 atom stereocenters. The topological polar surface area (TPSA) is 83.9 Å². The Bertz CT molecular complexity index is 639. The van der Waals surface area contributed by atoms with Crippen molar-refractivity contribution in [3.63, 3.8) is 0 Å². The Hall–Kier alpha value is -1.44. The van der Waals surface area contributed by atoms with E-state index in [-0.39, 0.29) is 12.3 Å². The molecule has 1 fully saturated rings. The van der Waals surface area contributed by atoms with Crippen LogP contribution in [0.3, 0.4) is 0 Å². The van der Waals surface area contributed by atoms with Crippen LogP contribution < -0.4 is 0 Å². The monoisotopic (exact) mass is 313 g/mol. The van der Waals surface area contributed by atoms with Crippen molar-refractivity contribution in [2.75, 3.05) is 20.2 Å². The van der Waals surface area contributed by atoms with E-state index < -0.39 is 21.6 Å². The summed E-state index contributed by atoms with van der Waals surface area (Å²) in [6.07, 6.45) is 0.425. The summed E-state index contributed by atoms with van der Waals surface area (Å²) in [6, 6.07) is 6.36. The van der Waals surface area contributed by atoms with Gasteiger partial charge in [-0.2, -0.15) is 4.31 Å². The van der Waals surface area contributed by atoms with Crippen molar-refractivity contribution in [1.29, 1.82) is 0 Å². The zero-order valence-electron chi connectivity index (χ0n) is 12.1. The molecule has 0 spiro atoms. The maximum Gasteiger partial charge on any atom is 0.337 e. The lowest BCUT2D eigenvalue weighted by molar-refractivity contribution is 0.0600. The Morgan fingerprint density at radius 2 is 2.19 bits per heavy atom. The van der Waals surface area contributed by atoms with Crippen LogP contribution >= 0.6 is 0 Å². The van der Waals surface area contributed by atoms with E-state index in [2.05, 4.69) is 4.74 Å². The van der Waals surface area contributed by atoms with E-state index in [0.717, 1.165) is 0 Å². The van der Waals surface area contributed by atoms with Crippen LogP contribution in [0, 0.1) is 0 Å². The molecular weight excluding hydrogens is 294 g/mol. The summed E-state index contributed by atoms with van der Waals surface area (Å²) < 4.78 is 30.6. The predicted molar refractivity (Wildman–Crippen MR) is 77.2 cm³/mol. The third-order valence-electron chi connectivity index (χ3n) is 3.51. The Morgan fingerprint density at radius 3 is 2.76 bits per heavy atom. The molecule has 1 aromatic rings. The first-order chi connectivity index (χ1) is 9.73. The van der Waals surface area contributed by atoms with Crippen molar-refractivity contribution in [3.8, 4) is 0 Å². The van der Waals surface area contributed by atoms with Crippen LogP contribution in [0.4, 0.5) is 0 Å². The molecule has 2 rings (SSSR count). The molecule has 1 saturated heterocycles. The number of benzene rings is 1. The van der Waals surface area contributed by atoms with E-state index in [0.29, 0.717) is 24.1 Å². The van der Waals surface area contributed by atoms with Crippen LogP contribution in [0.2, 0.25) is 0 Å². The Balaban J connectivity index is 2.16. The highest BCUT2D eigenvalue weighted by molar-refractivity contribution is 7.88. The number of hydrogen-bond donors (Lipinski definition) is 1. The van der Waals surface area contributed by atoms with Gasteiger partial charge in [-0.3, -0.25) is 0 Å². The van der Waals surface area contributed by atoms with Crippen LogP contribution in [-0.2, 0) is 20.5 Å². The summed E-state index contributed by atoms with van der Waals surface area (Å²) in [5, 5.41) is 9.88. The molecule has 1 aliphatic heterocycles. The number of ether oxygens (including phenoxy) is 1. The van der Waals surface area contributed by atoms with Gasteiger partial charge in [-0.05, 0) is 31.0 Å². The minimum absolute atomic E-state index is 0.103. The van der Waals surface area contributed by atoms with Crippen LogP contribution in [0.5, 0.6) is 0 Å². The number of carbonyl (C=O) groups is 1. The van der Waals surface area contributed by atoms with Gasteiger partial charge in [-0.1, -0.05) is 12.1 Å². The Morgan fingerprint density at radius 1 is 1.48 bits per heavy atom. The average molecular weight is 313 g/mol. The third kappa shape index (κ3) is 3.81. The molecule has 1 unspecified atom stereocenters. The molecule has 0 bridgehead atoms. The first kappa shape index (κ1) is 15.9. The van der Waals surface area contributed by atoms with Gasteiger partial charge >= 0.3 is 5.97 Å². The molecule has 0 aliphatic carbocycles. The minimum Gasteiger partial charge on any atom is -0.465 e. The number of hydrogen-bond acceptors (Lipinski definition) is 5. The second kappa shape index (κ2) is 5.75. The maximum atomic E-state index is 12.3. The average Bonchev–Trinajstić information content (AvgIpc) is 2.79. The molecule has 0 amide bonds. The molecule has 6 nitrogen and oxygen atoms in total. The molecule has 7 heteroatoms. The highest BCUT2D eigenvalue weighted by Crippen LogP contribution is 2.24. The van der Waals surface area contributed by atoms with Crippen molar-refractivity contribution in [2.24, 2.45) is 0 Å². The Labute approximate surface area is 124 Å². The Kier molecular flexibility index (Phi) is 4.36. The predicted octanol–water partition coefficient (Wildman–Crippen LogP) is 0.760. The molecule has 21 heavy (non-hydrogen) atoms. The summed E-state index contributed by atoms with van der Waals surface area (Å²) in [7, 11) is -2.24. The lowest BCUT2D eigenvalue weighted by Crippen LogP contribution is -2.34. The number of aliphatic hydroxyl groups is 1.